The van der Waals surface area contributed by atoms with Crippen LogP contribution in [-0.2, 0) is 4.79 Å². The number of nitrogens with one attached hydrogen (secondary N) is 1. The van der Waals surface area contributed by atoms with Crippen LogP contribution in [0.2, 0.25) is 0 Å². The molecule has 2 fully saturated rings. The van der Waals surface area contributed by atoms with E-state index in [0.29, 0.717) is 30.4 Å². The quantitative estimate of drug-likeness (QED) is 0.683. The number of nitrogens with zero attached hydrogens (tertiary/aromatic N) is 6. The summed E-state index contributed by atoms with van der Waals surface area (Å²) in [5.41, 5.74) is 1.98. The lowest BCUT2D eigenvalue weighted by atomic mass is 10.0. The molecule has 0 bridgehead atoms. The fourth-order valence-electron chi connectivity index (χ4n) is 3.82. The number of amides is 2. The molecule has 10 heteroatoms. The molecule has 3 aromatic rings. The van der Waals surface area contributed by atoms with Crippen molar-refractivity contribution in [3.8, 4) is 17.1 Å². The van der Waals surface area contributed by atoms with Crippen LogP contribution in [-0.4, -0.2) is 65.2 Å². The van der Waals surface area contributed by atoms with Gasteiger partial charge in [-0.05, 0) is 31.0 Å². The van der Waals surface area contributed by atoms with Crippen LogP contribution in [0.5, 0.6) is 0 Å². The van der Waals surface area contributed by atoms with Gasteiger partial charge in [-0.15, -0.1) is 11.8 Å². The minimum atomic E-state index is -0.227. The summed E-state index contributed by atoms with van der Waals surface area (Å²) in [6.07, 6.45) is 9.65. The SMILES string of the molecule is O=C1CSC2(CCN(C(=O)c3cc(-c4ccncc4)n(-c4cnccn4)n3)CC2)N1. The Labute approximate surface area is 176 Å². The molecule has 9 nitrogen and oxygen atoms in total. The lowest BCUT2D eigenvalue weighted by molar-refractivity contribution is -0.119. The van der Waals surface area contributed by atoms with E-state index in [2.05, 4.69) is 25.4 Å². The Bertz CT molecular complexity index is 1020. The Morgan fingerprint density at radius 1 is 1.10 bits per heavy atom. The van der Waals surface area contributed by atoms with Gasteiger partial charge in [-0.2, -0.15) is 5.10 Å². The third kappa shape index (κ3) is 3.43. The minimum Gasteiger partial charge on any atom is -0.341 e. The Morgan fingerprint density at radius 2 is 1.90 bits per heavy atom. The molecule has 0 unspecified atom stereocenters. The normalized spacial score (nSPS) is 17.9. The number of rotatable bonds is 3. The van der Waals surface area contributed by atoms with Crippen LogP contribution in [0.1, 0.15) is 23.3 Å². The smallest absolute Gasteiger partial charge is 0.274 e. The van der Waals surface area contributed by atoms with Crippen molar-refractivity contribution in [3.63, 3.8) is 0 Å². The molecule has 30 heavy (non-hydrogen) atoms. The molecule has 0 radical (unpaired) electrons. The minimum absolute atomic E-state index is 0.0736. The van der Waals surface area contributed by atoms with Crippen molar-refractivity contribution in [2.24, 2.45) is 0 Å². The van der Waals surface area contributed by atoms with Crippen LogP contribution in [0.25, 0.3) is 17.1 Å². The summed E-state index contributed by atoms with van der Waals surface area (Å²) >= 11 is 1.64. The summed E-state index contributed by atoms with van der Waals surface area (Å²) in [4.78, 5) is 38.9. The van der Waals surface area contributed by atoms with Crippen LogP contribution in [0, 0.1) is 0 Å². The zero-order valence-electron chi connectivity index (χ0n) is 16.1. The number of carbonyl (C=O) groups excluding carboxylic acids is 2. The lowest BCUT2D eigenvalue weighted by Gasteiger charge is -2.38. The number of hydrogen-bond donors (Lipinski definition) is 1. The van der Waals surface area contributed by atoms with Crippen molar-refractivity contribution in [1.29, 1.82) is 0 Å². The standard InChI is InChI=1S/C20H19N7O2S/c28-18-13-30-20(24-18)3-9-26(10-4-20)19(29)15-11-16(14-1-5-21-6-2-14)27(25-15)17-12-22-7-8-23-17/h1-2,5-8,11-12H,3-4,9-10,13H2,(H,24,28). The summed E-state index contributed by atoms with van der Waals surface area (Å²) < 4.78 is 1.63. The number of piperidine rings is 1. The summed E-state index contributed by atoms with van der Waals surface area (Å²) in [6, 6.07) is 5.51. The van der Waals surface area contributed by atoms with Crippen LogP contribution >= 0.6 is 11.8 Å². The van der Waals surface area contributed by atoms with E-state index in [1.165, 1.54) is 0 Å². The number of likely N-dealkylation sites (tertiary alicyclic amines) is 1. The van der Waals surface area contributed by atoms with Gasteiger partial charge in [0.05, 0.1) is 22.5 Å². The molecule has 1 N–H and O–H groups in total. The van der Waals surface area contributed by atoms with Gasteiger partial charge in [0.25, 0.3) is 5.91 Å². The maximum Gasteiger partial charge on any atom is 0.274 e. The van der Waals surface area contributed by atoms with E-state index in [4.69, 9.17) is 0 Å². The number of thioether (sulfide) groups is 1. The third-order valence-electron chi connectivity index (χ3n) is 5.38. The van der Waals surface area contributed by atoms with Crippen LogP contribution < -0.4 is 5.32 Å². The van der Waals surface area contributed by atoms with E-state index >= 15 is 0 Å². The Morgan fingerprint density at radius 3 is 2.57 bits per heavy atom. The molecule has 152 valence electrons. The molecule has 2 saturated heterocycles. The van der Waals surface area contributed by atoms with Crippen molar-refractivity contribution >= 4 is 23.6 Å². The first-order valence-corrected chi connectivity index (χ1v) is 10.6. The molecule has 3 aromatic heterocycles. The highest BCUT2D eigenvalue weighted by atomic mass is 32.2. The van der Waals surface area contributed by atoms with Crippen molar-refractivity contribution in [3.05, 3.63) is 54.9 Å². The fraction of sp³-hybridized carbons (Fsp3) is 0.300. The Kier molecular flexibility index (Phi) is 4.70. The first-order chi connectivity index (χ1) is 14.6. The molecule has 0 saturated carbocycles. The molecule has 2 aliphatic heterocycles. The summed E-state index contributed by atoms with van der Waals surface area (Å²) in [7, 11) is 0. The molecule has 5 heterocycles. The maximum atomic E-state index is 13.2. The lowest BCUT2D eigenvalue weighted by Crippen LogP contribution is -2.50. The van der Waals surface area contributed by atoms with Gasteiger partial charge in [0.1, 0.15) is 0 Å². The number of hydrogen-bond acceptors (Lipinski definition) is 7. The number of pyridine rings is 1. The van der Waals surface area contributed by atoms with Gasteiger partial charge in [-0.25, -0.2) is 9.67 Å². The molecule has 5 rings (SSSR count). The van der Waals surface area contributed by atoms with Gasteiger partial charge in [-0.1, -0.05) is 0 Å². The van der Waals surface area contributed by atoms with Gasteiger partial charge in [0, 0.05) is 43.4 Å². The third-order valence-corrected chi connectivity index (χ3v) is 6.85. The van der Waals surface area contributed by atoms with Crippen molar-refractivity contribution < 1.29 is 9.59 Å². The molecule has 0 aliphatic carbocycles. The summed E-state index contributed by atoms with van der Waals surface area (Å²) in [5.74, 6) is 0.971. The van der Waals surface area contributed by atoms with E-state index in [0.717, 1.165) is 24.1 Å². The topological polar surface area (TPSA) is 106 Å². The van der Waals surface area contributed by atoms with Crippen LogP contribution in [0.15, 0.2) is 49.2 Å². The Hall–Kier alpha value is -3.27. The molecule has 2 aliphatic rings. The van der Waals surface area contributed by atoms with Gasteiger partial charge >= 0.3 is 0 Å². The van der Waals surface area contributed by atoms with Crippen LogP contribution in [0.4, 0.5) is 0 Å². The highest BCUT2D eigenvalue weighted by molar-refractivity contribution is 8.01. The van der Waals surface area contributed by atoms with Gasteiger partial charge < -0.3 is 10.2 Å². The fourth-order valence-corrected chi connectivity index (χ4v) is 4.96. The van der Waals surface area contributed by atoms with Gasteiger partial charge in [0.15, 0.2) is 11.5 Å². The first-order valence-electron chi connectivity index (χ1n) is 9.65. The van der Waals surface area contributed by atoms with E-state index in [1.807, 2.05) is 12.1 Å². The Balaban J connectivity index is 1.43. The zero-order valence-corrected chi connectivity index (χ0v) is 16.9. The molecule has 1 spiro atoms. The average molecular weight is 421 g/mol. The predicted molar refractivity (Wildman–Crippen MR) is 111 cm³/mol. The second kappa shape index (κ2) is 7.52. The largest absolute Gasteiger partial charge is 0.341 e. The van der Waals surface area contributed by atoms with Crippen molar-refractivity contribution in [1.82, 2.24) is 34.9 Å². The van der Waals surface area contributed by atoms with E-state index in [1.54, 1.807) is 58.4 Å². The monoisotopic (exact) mass is 421 g/mol. The van der Waals surface area contributed by atoms with Crippen molar-refractivity contribution in [2.75, 3.05) is 18.8 Å². The van der Waals surface area contributed by atoms with Crippen molar-refractivity contribution in [2.45, 2.75) is 17.7 Å². The van der Waals surface area contributed by atoms with Gasteiger partial charge in [0.2, 0.25) is 5.91 Å². The van der Waals surface area contributed by atoms with E-state index in [-0.39, 0.29) is 16.7 Å². The van der Waals surface area contributed by atoms with Gasteiger partial charge in [-0.3, -0.25) is 19.6 Å². The molecular formula is C20H19N7O2S. The summed E-state index contributed by atoms with van der Waals surface area (Å²) in [5, 5.41) is 7.63. The van der Waals surface area contributed by atoms with Crippen LogP contribution in [0.3, 0.4) is 0 Å². The highest BCUT2D eigenvalue weighted by Crippen LogP contribution is 2.37. The summed E-state index contributed by atoms with van der Waals surface area (Å²) in [6.45, 7) is 1.16. The van der Waals surface area contributed by atoms with E-state index in [9.17, 15) is 9.59 Å². The molecule has 0 aromatic carbocycles. The first kappa shape index (κ1) is 18.7. The number of carbonyl (C=O) groups is 2. The second-order valence-corrected chi connectivity index (χ2v) is 8.61. The van der Waals surface area contributed by atoms with E-state index < -0.39 is 0 Å². The zero-order chi connectivity index (χ0) is 20.6. The second-order valence-electron chi connectivity index (χ2n) is 7.25. The average Bonchev–Trinajstić information content (AvgIpc) is 3.39. The maximum absolute atomic E-state index is 13.2. The molecule has 0 atom stereocenters. The highest BCUT2D eigenvalue weighted by Gasteiger charge is 2.42. The number of aromatic nitrogens is 5. The molecular weight excluding hydrogens is 402 g/mol. The predicted octanol–water partition coefficient (Wildman–Crippen LogP) is 1.52. The molecule has 2 amide bonds.